The Morgan fingerprint density at radius 1 is 1.10 bits per heavy atom. The number of hydrazine groups is 1. The van der Waals surface area contributed by atoms with Gasteiger partial charge in [0, 0.05) is 0 Å². The summed E-state index contributed by atoms with van der Waals surface area (Å²) in [7, 11) is 0. The van der Waals surface area contributed by atoms with Gasteiger partial charge in [0.1, 0.15) is 0 Å². The summed E-state index contributed by atoms with van der Waals surface area (Å²) in [6.45, 7) is 4.79. The molecule has 172 valence electrons. The maximum atomic E-state index is 13.1. The molecule has 6 N–H and O–H groups in total. The number of allylic oxidation sites excluding steroid dienone is 1. The molecule has 0 spiro atoms. The van der Waals surface area contributed by atoms with Gasteiger partial charge in [0.2, 0.25) is 11.8 Å². The zero-order valence-electron chi connectivity index (χ0n) is 18.3. The second-order valence-electron chi connectivity index (χ2n) is 7.85. The van der Waals surface area contributed by atoms with E-state index in [4.69, 9.17) is 5.73 Å². The van der Waals surface area contributed by atoms with E-state index in [1.165, 1.54) is 6.92 Å². The van der Waals surface area contributed by atoms with Crippen LogP contribution in [-0.2, 0) is 14.4 Å². The molecule has 1 aromatic carbocycles. The molecule has 0 saturated carbocycles. The Bertz CT molecular complexity index is 737. The first kappa shape index (κ1) is 26.3. The van der Waals surface area contributed by atoms with E-state index in [0.717, 1.165) is 10.6 Å². The predicted octanol–water partition coefficient (Wildman–Crippen LogP) is 1.07. The summed E-state index contributed by atoms with van der Waals surface area (Å²) < 4.78 is 0. The summed E-state index contributed by atoms with van der Waals surface area (Å²) >= 11 is 0. The quantitative estimate of drug-likeness (QED) is 0.260. The first-order chi connectivity index (χ1) is 14.7. The Morgan fingerprint density at radius 2 is 1.74 bits per heavy atom. The monoisotopic (exact) mass is 434 g/mol. The van der Waals surface area contributed by atoms with E-state index in [0.29, 0.717) is 6.42 Å². The van der Waals surface area contributed by atoms with E-state index in [1.54, 1.807) is 11.6 Å². The average Bonchev–Trinajstić information content (AvgIpc) is 2.74. The van der Waals surface area contributed by atoms with Crippen molar-refractivity contribution < 1.29 is 24.7 Å². The van der Waals surface area contributed by atoms with Gasteiger partial charge in [-0.25, -0.2) is 5.48 Å². The van der Waals surface area contributed by atoms with Crippen molar-refractivity contribution in [3.05, 3.63) is 42.0 Å². The highest BCUT2D eigenvalue weighted by Crippen LogP contribution is 2.25. The highest BCUT2D eigenvalue weighted by Gasteiger charge is 2.35. The maximum Gasteiger partial charge on any atom is 0.257 e. The van der Waals surface area contributed by atoms with Gasteiger partial charge in [-0.3, -0.25) is 30.0 Å². The molecular weight excluding hydrogens is 400 g/mol. The molecule has 0 aliphatic rings. The van der Waals surface area contributed by atoms with Crippen LogP contribution in [0.15, 0.2) is 36.4 Å². The van der Waals surface area contributed by atoms with Crippen LogP contribution in [0, 0.1) is 17.8 Å². The molecule has 0 aromatic heterocycles. The van der Waals surface area contributed by atoms with Crippen molar-refractivity contribution in [2.45, 2.75) is 39.7 Å². The molecule has 0 radical (unpaired) electrons. The topological polar surface area (TPSA) is 145 Å². The SMILES string of the molecule is CC(C)C[C@@H](C(=O)NN(CCO)C(=O)[C@@H](C)N)[C@H](C/C=C/c1ccccc1)C(=O)NO. The van der Waals surface area contributed by atoms with Gasteiger partial charge < -0.3 is 10.8 Å². The number of hydrogen-bond acceptors (Lipinski definition) is 6. The summed E-state index contributed by atoms with van der Waals surface area (Å²) in [5, 5.41) is 19.4. The number of nitrogens with zero attached hydrogens (tertiary/aromatic N) is 1. The van der Waals surface area contributed by atoms with Gasteiger partial charge in [0.15, 0.2) is 0 Å². The lowest BCUT2D eigenvalue weighted by Crippen LogP contribution is -2.55. The number of nitrogens with two attached hydrogens (primary N) is 1. The first-order valence-corrected chi connectivity index (χ1v) is 10.3. The van der Waals surface area contributed by atoms with E-state index >= 15 is 0 Å². The molecular formula is C22H34N4O5. The second kappa shape index (κ2) is 13.5. The zero-order valence-corrected chi connectivity index (χ0v) is 18.3. The van der Waals surface area contributed by atoms with E-state index in [2.05, 4.69) is 5.43 Å². The Kier molecular flexibility index (Phi) is 11.5. The molecule has 1 aromatic rings. The minimum Gasteiger partial charge on any atom is -0.394 e. The van der Waals surface area contributed by atoms with E-state index in [-0.39, 0.29) is 25.5 Å². The van der Waals surface area contributed by atoms with Crippen molar-refractivity contribution in [2.75, 3.05) is 13.2 Å². The van der Waals surface area contributed by atoms with Crippen LogP contribution in [0.2, 0.25) is 0 Å². The number of hydrogen-bond donors (Lipinski definition) is 5. The molecule has 0 aliphatic carbocycles. The molecule has 9 heteroatoms. The number of benzene rings is 1. The van der Waals surface area contributed by atoms with Crippen molar-refractivity contribution >= 4 is 23.8 Å². The third-order valence-electron chi connectivity index (χ3n) is 4.72. The Morgan fingerprint density at radius 3 is 2.26 bits per heavy atom. The number of carbonyl (C=O) groups is 3. The number of carbonyl (C=O) groups excluding carboxylic acids is 3. The fourth-order valence-electron chi connectivity index (χ4n) is 3.20. The van der Waals surface area contributed by atoms with Crippen molar-refractivity contribution in [3.8, 4) is 0 Å². The van der Waals surface area contributed by atoms with Crippen LogP contribution in [0.1, 0.15) is 39.2 Å². The van der Waals surface area contributed by atoms with Gasteiger partial charge in [0.05, 0.1) is 31.0 Å². The summed E-state index contributed by atoms with van der Waals surface area (Å²) in [6.07, 6.45) is 4.16. The molecule has 0 unspecified atom stereocenters. The van der Waals surface area contributed by atoms with Gasteiger partial charge >= 0.3 is 0 Å². The molecule has 3 amide bonds. The minimum absolute atomic E-state index is 0.0678. The number of nitrogens with one attached hydrogen (secondary N) is 2. The third kappa shape index (κ3) is 8.87. The zero-order chi connectivity index (χ0) is 23.4. The smallest absolute Gasteiger partial charge is 0.257 e. The molecule has 31 heavy (non-hydrogen) atoms. The lowest BCUT2D eigenvalue weighted by atomic mass is 9.82. The molecule has 0 heterocycles. The average molecular weight is 435 g/mol. The normalized spacial score (nSPS) is 14.2. The fourth-order valence-corrected chi connectivity index (χ4v) is 3.20. The van der Waals surface area contributed by atoms with Gasteiger partial charge in [-0.1, -0.05) is 56.3 Å². The summed E-state index contributed by atoms with van der Waals surface area (Å²) in [5.74, 6) is -3.43. The van der Waals surface area contributed by atoms with Crippen LogP contribution in [0.3, 0.4) is 0 Å². The van der Waals surface area contributed by atoms with Crippen LogP contribution in [0.5, 0.6) is 0 Å². The van der Waals surface area contributed by atoms with Crippen molar-refractivity contribution in [1.29, 1.82) is 0 Å². The molecule has 0 bridgehead atoms. The van der Waals surface area contributed by atoms with E-state index in [1.807, 2.05) is 50.3 Å². The molecule has 0 aliphatic heterocycles. The molecule has 9 nitrogen and oxygen atoms in total. The van der Waals surface area contributed by atoms with Gasteiger partial charge in [-0.15, -0.1) is 0 Å². The van der Waals surface area contributed by atoms with Gasteiger partial charge in [0.25, 0.3) is 5.91 Å². The minimum atomic E-state index is -0.874. The van der Waals surface area contributed by atoms with E-state index < -0.39 is 35.6 Å². The third-order valence-corrected chi connectivity index (χ3v) is 4.72. The van der Waals surface area contributed by atoms with Gasteiger partial charge in [-0.05, 0) is 31.2 Å². The Balaban J connectivity index is 3.10. The van der Waals surface area contributed by atoms with Crippen molar-refractivity contribution in [2.24, 2.45) is 23.5 Å². The molecule has 1 rings (SSSR count). The van der Waals surface area contributed by atoms with Crippen LogP contribution in [0.4, 0.5) is 0 Å². The first-order valence-electron chi connectivity index (χ1n) is 10.3. The maximum absolute atomic E-state index is 13.1. The van der Waals surface area contributed by atoms with E-state index in [9.17, 15) is 24.7 Å². The lowest BCUT2D eigenvalue weighted by molar-refractivity contribution is -0.148. The number of hydroxylamine groups is 1. The van der Waals surface area contributed by atoms with Gasteiger partial charge in [-0.2, -0.15) is 0 Å². The molecule has 0 fully saturated rings. The Labute approximate surface area is 183 Å². The van der Waals surface area contributed by atoms with Crippen LogP contribution < -0.4 is 16.6 Å². The lowest BCUT2D eigenvalue weighted by Gasteiger charge is -2.30. The molecule has 0 saturated heterocycles. The number of amides is 3. The highest BCUT2D eigenvalue weighted by atomic mass is 16.5. The van der Waals surface area contributed by atoms with Crippen LogP contribution >= 0.6 is 0 Å². The summed E-state index contributed by atoms with van der Waals surface area (Å²) in [4.78, 5) is 37.7. The van der Waals surface area contributed by atoms with Crippen molar-refractivity contribution in [3.63, 3.8) is 0 Å². The predicted molar refractivity (Wildman–Crippen MR) is 117 cm³/mol. The largest absolute Gasteiger partial charge is 0.394 e. The number of rotatable bonds is 11. The fraction of sp³-hybridized carbons (Fsp3) is 0.500. The van der Waals surface area contributed by atoms with Crippen LogP contribution in [-0.4, -0.2) is 52.2 Å². The highest BCUT2D eigenvalue weighted by molar-refractivity contribution is 5.89. The van der Waals surface area contributed by atoms with Crippen molar-refractivity contribution in [1.82, 2.24) is 15.9 Å². The number of aliphatic hydroxyl groups is 1. The number of aliphatic hydroxyl groups excluding tert-OH is 1. The standard InChI is InChI=1S/C22H34N4O5/c1-15(2)14-19(20(28)24-26(12-13-27)22(30)16(3)23)18(21(29)25-31)11-7-10-17-8-5-4-6-9-17/h4-10,15-16,18-19,27,31H,11-14,23H2,1-3H3,(H,24,28)(H,25,29)/b10-7+/t16-,18+,19-/m1/s1. The summed E-state index contributed by atoms with van der Waals surface area (Å²) in [5.41, 5.74) is 10.7. The summed E-state index contributed by atoms with van der Waals surface area (Å²) in [6, 6.07) is 8.60. The second-order valence-corrected chi connectivity index (χ2v) is 7.85. The van der Waals surface area contributed by atoms with Crippen LogP contribution in [0.25, 0.3) is 6.08 Å². The molecule has 3 atom stereocenters. The Hall–Kier alpha value is -2.75.